The van der Waals surface area contributed by atoms with Gasteiger partial charge in [0.25, 0.3) is 5.56 Å². The molecule has 0 bridgehead atoms. The maximum atomic E-state index is 13.1. The summed E-state index contributed by atoms with van der Waals surface area (Å²) >= 11 is 1.71. The summed E-state index contributed by atoms with van der Waals surface area (Å²) < 4.78 is 1.53. The first kappa shape index (κ1) is 21.0. The van der Waals surface area contributed by atoms with Gasteiger partial charge in [-0.1, -0.05) is 42.5 Å². The van der Waals surface area contributed by atoms with Gasteiger partial charge in [0.15, 0.2) is 0 Å². The first-order valence-corrected chi connectivity index (χ1v) is 11.2. The standard InChI is InChI=1S/C25H25N3O2S/c1-19-11-12-21(31-19)17-27(15-13-20-7-3-2-4-8-20)24(29)14-16-28-18-26-23-10-6-5-9-22(23)25(28)30/h2-12,18H,13-17H2,1H3. The van der Waals surface area contributed by atoms with Crippen LogP contribution in [0.25, 0.3) is 10.9 Å². The van der Waals surface area contributed by atoms with E-state index in [2.05, 4.69) is 36.2 Å². The Morgan fingerprint density at radius 2 is 1.81 bits per heavy atom. The molecule has 0 spiro atoms. The number of amides is 1. The summed E-state index contributed by atoms with van der Waals surface area (Å²) in [5.74, 6) is 0.0436. The third-order valence-corrected chi connectivity index (χ3v) is 6.29. The fourth-order valence-electron chi connectivity index (χ4n) is 3.60. The Bertz CT molecular complexity index is 1230. The van der Waals surface area contributed by atoms with Gasteiger partial charge in [0.2, 0.25) is 5.91 Å². The van der Waals surface area contributed by atoms with Crippen molar-refractivity contribution in [3.63, 3.8) is 0 Å². The Hall–Kier alpha value is -3.25. The van der Waals surface area contributed by atoms with Crippen LogP contribution in [0.1, 0.15) is 21.7 Å². The molecule has 4 aromatic rings. The summed E-state index contributed by atoms with van der Waals surface area (Å²) in [5, 5.41) is 0.576. The second kappa shape index (κ2) is 9.71. The van der Waals surface area contributed by atoms with Crippen LogP contribution in [-0.4, -0.2) is 26.9 Å². The summed E-state index contributed by atoms with van der Waals surface area (Å²) in [4.78, 5) is 34.5. The zero-order valence-electron chi connectivity index (χ0n) is 17.5. The Morgan fingerprint density at radius 3 is 2.58 bits per heavy atom. The highest BCUT2D eigenvalue weighted by Gasteiger charge is 2.16. The third-order valence-electron chi connectivity index (χ3n) is 5.31. The van der Waals surface area contributed by atoms with E-state index in [9.17, 15) is 9.59 Å². The Morgan fingerprint density at radius 1 is 1.03 bits per heavy atom. The highest BCUT2D eigenvalue weighted by Crippen LogP contribution is 2.18. The maximum absolute atomic E-state index is 13.1. The number of hydrogen-bond donors (Lipinski definition) is 0. The van der Waals surface area contributed by atoms with Crippen LogP contribution >= 0.6 is 11.3 Å². The molecule has 0 saturated heterocycles. The number of aromatic nitrogens is 2. The number of fused-ring (bicyclic) bond motifs is 1. The first-order valence-electron chi connectivity index (χ1n) is 10.4. The second-order valence-corrected chi connectivity index (χ2v) is 8.95. The minimum Gasteiger partial charge on any atom is -0.337 e. The van der Waals surface area contributed by atoms with E-state index in [1.807, 2.05) is 41.3 Å². The molecule has 31 heavy (non-hydrogen) atoms. The molecule has 0 aliphatic heterocycles. The average molecular weight is 432 g/mol. The molecular formula is C25H25N3O2S. The summed E-state index contributed by atoms with van der Waals surface area (Å²) in [6, 6.07) is 21.6. The highest BCUT2D eigenvalue weighted by molar-refractivity contribution is 7.11. The van der Waals surface area contributed by atoms with Crippen LogP contribution in [0.3, 0.4) is 0 Å². The fraction of sp³-hybridized carbons (Fsp3) is 0.240. The van der Waals surface area contributed by atoms with Crippen molar-refractivity contribution in [2.24, 2.45) is 0 Å². The molecule has 2 aromatic carbocycles. The van der Waals surface area contributed by atoms with E-state index in [1.165, 1.54) is 26.2 Å². The van der Waals surface area contributed by atoms with E-state index in [-0.39, 0.29) is 17.9 Å². The number of carbonyl (C=O) groups excluding carboxylic acids is 1. The average Bonchev–Trinajstić information content (AvgIpc) is 3.21. The molecule has 5 nitrogen and oxygen atoms in total. The van der Waals surface area contributed by atoms with E-state index in [1.54, 1.807) is 17.4 Å². The summed E-state index contributed by atoms with van der Waals surface area (Å²) in [6.45, 7) is 3.63. The van der Waals surface area contributed by atoms with Crippen molar-refractivity contribution in [3.05, 3.63) is 98.7 Å². The lowest BCUT2D eigenvalue weighted by atomic mass is 10.1. The van der Waals surface area contributed by atoms with E-state index >= 15 is 0 Å². The summed E-state index contributed by atoms with van der Waals surface area (Å²) in [7, 11) is 0. The molecule has 158 valence electrons. The van der Waals surface area contributed by atoms with Crippen molar-refractivity contribution in [2.45, 2.75) is 32.9 Å². The van der Waals surface area contributed by atoms with Gasteiger partial charge < -0.3 is 4.90 Å². The van der Waals surface area contributed by atoms with Crippen LogP contribution in [0, 0.1) is 6.92 Å². The molecule has 0 atom stereocenters. The van der Waals surface area contributed by atoms with Gasteiger partial charge in [0, 0.05) is 29.3 Å². The van der Waals surface area contributed by atoms with Crippen LogP contribution in [0.15, 0.2) is 77.9 Å². The molecule has 1 amide bonds. The zero-order valence-corrected chi connectivity index (χ0v) is 18.3. The molecule has 0 unspecified atom stereocenters. The van der Waals surface area contributed by atoms with E-state index in [0.717, 1.165) is 6.42 Å². The molecule has 0 aliphatic rings. The monoisotopic (exact) mass is 431 g/mol. The molecule has 0 fully saturated rings. The van der Waals surface area contributed by atoms with Gasteiger partial charge in [0.1, 0.15) is 0 Å². The highest BCUT2D eigenvalue weighted by atomic mass is 32.1. The lowest BCUT2D eigenvalue weighted by Crippen LogP contribution is -2.33. The largest absolute Gasteiger partial charge is 0.337 e. The van der Waals surface area contributed by atoms with Gasteiger partial charge >= 0.3 is 0 Å². The van der Waals surface area contributed by atoms with Gasteiger partial charge in [0.05, 0.1) is 23.8 Å². The molecule has 0 aliphatic carbocycles. The molecule has 2 heterocycles. The minimum absolute atomic E-state index is 0.0436. The van der Waals surface area contributed by atoms with Crippen LogP contribution in [0.5, 0.6) is 0 Å². The van der Waals surface area contributed by atoms with Crippen molar-refractivity contribution >= 4 is 28.1 Å². The van der Waals surface area contributed by atoms with E-state index in [0.29, 0.717) is 30.5 Å². The van der Waals surface area contributed by atoms with E-state index in [4.69, 9.17) is 0 Å². The topological polar surface area (TPSA) is 55.2 Å². The molecule has 0 N–H and O–H groups in total. The van der Waals surface area contributed by atoms with Gasteiger partial charge in [-0.25, -0.2) is 4.98 Å². The summed E-state index contributed by atoms with van der Waals surface area (Å²) in [6.07, 6.45) is 2.60. The lowest BCUT2D eigenvalue weighted by Gasteiger charge is -2.22. The molecule has 0 radical (unpaired) electrons. The first-order chi connectivity index (χ1) is 15.1. The normalized spacial score (nSPS) is 11.0. The van der Waals surface area contributed by atoms with Crippen molar-refractivity contribution in [1.29, 1.82) is 0 Å². The number of benzene rings is 2. The van der Waals surface area contributed by atoms with Crippen molar-refractivity contribution < 1.29 is 4.79 Å². The lowest BCUT2D eigenvalue weighted by molar-refractivity contribution is -0.132. The molecule has 6 heteroatoms. The van der Waals surface area contributed by atoms with E-state index < -0.39 is 0 Å². The Labute approximate surface area is 185 Å². The van der Waals surface area contributed by atoms with Crippen LogP contribution in [-0.2, 0) is 24.3 Å². The smallest absolute Gasteiger partial charge is 0.261 e. The molecule has 4 rings (SSSR count). The van der Waals surface area contributed by atoms with Crippen LogP contribution in [0.4, 0.5) is 0 Å². The van der Waals surface area contributed by atoms with Crippen LogP contribution < -0.4 is 5.56 Å². The summed E-state index contributed by atoms with van der Waals surface area (Å²) in [5.41, 5.74) is 1.77. The Kier molecular flexibility index (Phi) is 6.57. The van der Waals surface area contributed by atoms with Crippen molar-refractivity contribution in [3.8, 4) is 0 Å². The number of para-hydroxylation sites is 1. The zero-order chi connectivity index (χ0) is 21.6. The SMILES string of the molecule is Cc1ccc(CN(CCc2ccccc2)C(=O)CCn2cnc3ccccc3c2=O)s1. The van der Waals surface area contributed by atoms with Gasteiger partial charge in [-0.05, 0) is 43.2 Å². The van der Waals surface area contributed by atoms with Gasteiger partial charge in [-0.15, -0.1) is 11.3 Å². The molecular weight excluding hydrogens is 406 g/mol. The minimum atomic E-state index is -0.108. The Balaban J connectivity index is 1.47. The number of thiophene rings is 1. The van der Waals surface area contributed by atoms with Crippen molar-refractivity contribution in [1.82, 2.24) is 14.5 Å². The second-order valence-electron chi connectivity index (χ2n) is 7.57. The molecule has 2 aromatic heterocycles. The quantitative estimate of drug-likeness (QED) is 0.415. The van der Waals surface area contributed by atoms with Crippen molar-refractivity contribution in [2.75, 3.05) is 6.54 Å². The fourth-order valence-corrected chi connectivity index (χ4v) is 4.50. The number of rotatable bonds is 8. The molecule has 0 saturated carbocycles. The van der Waals surface area contributed by atoms with Crippen LogP contribution in [0.2, 0.25) is 0 Å². The third kappa shape index (κ3) is 5.27. The van der Waals surface area contributed by atoms with Gasteiger partial charge in [-0.3, -0.25) is 14.2 Å². The number of carbonyl (C=O) groups is 1. The predicted octanol–water partition coefficient (Wildman–Crippen LogP) is 4.43. The van der Waals surface area contributed by atoms with Gasteiger partial charge in [-0.2, -0.15) is 0 Å². The number of hydrogen-bond acceptors (Lipinski definition) is 4. The maximum Gasteiger partial charge on any atom is 0.261 e. The number of nitrogens with zero attached hydrogens (tertiary/aromatic N) is 3. The number of aryl methyl sites for hydroxylation is 2. The predicted molar refractivity (Wildman–Crippen MR) is 125 cm³/mol.